The number of hydrogen-bond acceptors (Lipinski definition) is 3. The molecule has 0 aliphatic heterocycles. The first-order valence-corrected chi connectivity index (χ1v) is 4.25. The van der Waals surface area contributed by atoms with Gasteiger partial charge in [-0.1, -0.05) is 18.3 Å². The van der Waals surface area contributed by atoms with Gasteiger partial charge in [-0.25, -0.2) is 4.79 Å². The van der Waals surface area contributed by atoms with E-state index in [4.69, 9.17) is 10.8 Å². The van der Waals surface area contributed by atoms with Crippen LogP contribution in [0.2, 0.25) is 0 Å². The van der Waals surface area contributed by atoms with E-state index in [2.05, 4.69) is 12.2 Å². The van der Waals surface area contributed by atoms with E-state index in [0.29, 0.717) is 12.0 Å². The lowest BCUT2D eigenvalue weighted by atomic mass is 10.1. The zero-order valence-electron chi connectivity index (χ0n) is 7.23. The molecule has 1 aromatic carbocycles. The third kappa shape index (κ3) is 2.43. The van der Waals surface area contributed by atoms with Crippen molar-refractivity contribution in [1.29, 1.82) is 0 Å². The Labute approximate surface area is 86.0 Å². The molecule has 1 aromatic rings. The van der Waals surface area contributed by atoms with E-state index in [0.717, 1.165) is 0 Å². The maximum Gasteiger partial charge on any atom is 0.339 e. The summed E-state index contributed by atoms with van der Waals surface area (Å²) < 4.78 is 0. The topological polar surface area (TPSA) is 83.5 Å². The molecular formula is C9H9NO3S. The van der Waals surface area contributed by atoms with Crippen molar-refractivity contribution < 1.29 is 15.0 Å². The summed E-state index contributed by atoms with van der Waals surface area (Å²) >= 11 is 4.69. The molecule has 14 heavy (non-hydrogen) atoms. The Hall–Kier alpha value is -1.62. The third-order valence-corrected chi connectivity index (χ3v) is 1.81. The summed E-state index contributed by atoms with van der Waals surface area (Å²) in [6.45, 7) is 0. The van der Waals surface area contributed by atoms with Crippen LogP contribution in [0.1, 0.15) is 15.9 Å². The Kier molecular flexibility index (Phi) is 3.03. The van der Waals surface area contributed by atoms with Crippen LogP contribution >= 0.6 is 12.2 Å². The molecule has 0 radical (unpaired) electrons. The highest BCUT2D eigenvalue weighted by Crippen LogP contribution is 2.18. The SMILES string of the molecule is NC(=S)Cc1ccc(O)c(C(=O)O)c1. The summed E-state index contributed by atoms with van der Waals surface area (Å²) in [5.41, 5.74) is 5.84. The van der Waals surface area contributed by atoms with Gasteiger partial charge in [0, 0.05) is 6.42 Å². The van der Waals surface area contributed by atoms with Gasteiger partial charge < -0.3 is 15.9 Å². The van der Waals surface area contributed by atoms with Gasteiger partial charge in [-0.3, -0.25) is 0 Å². The molecule has 0 heterocycles. The minimum Gasteiger partial charge on any atom is -0.507 e. The molecule has 0 saturated heterocycles. The predicted octanol–water partition coefficient (Wildman–Crippen LogP) is 0.919. The molecular weight excluding hydrogens is 202 g/mol. The smallest absolute Gasteiger partial charge is 0.339 e. The van der Waals surface area contributed by atoms with E-state index in [9.17, 15) is 9.90 Å². The lowest BCUT2D eigenvalue weighted by Gasteiger charge is -2.03. The lowest BCUT2D eigenvalue weighted by molar-refractivity contribution is 0.0693. The Morgan fingerprint density at radius 1 is 1.50 bits per heavy atom. The number of aromatic carboxylic acids is 1. The minimum atomic E-state index is -1.17. The molecule has 0 bridgehead atoms. The van der Waals surface area contributed by atoms with Crippen molar-refractivity contribution in [2.75, 3.05) is 0 Å². The van der Waals surface area contributed by atoms with Gasteiger partial charge >= 0.3 is 5.97 Å². The van der Waals surface area contributed by atoms with Crippen molar-refractivity contribution in [1.82, 2.24) is 0 Å². The Balaban J connectivity index is 3.06. The minimum absolute atomic E-state index is 0.140. The number of benzene rings is 1. The number of carbonyl (C=O) groups is 1. The second-order valence-electron chi connectivity index (χ2n) is 2.80. The molecule has 0 saturated carbocycles. The van der Waals surface area contributed by atoms with Crippen molar-refractivity contribution in [3.05, 3.63) is 29.3 Å². The Bertz CT molecular complexity index is 390. The van der Waals surface area contributed by atoms with Gasteiger partial charge in [-0.15, -0.1) is 0 Å². The summed E-state index contributed by atoms with van der Waals surface area (Å²) in [7, 11) is 0. The van der Waals surface area contributed by atoms with Crippen LogP contribution in [0.5, 0.6) is 5.75 Å². The second kappa shape index (κ2) is 4.06. The first-order valence-electron chi connectivity index (χ1n) is 3.84. The largest absolute Gasteiger partial charge is 0.507 e. The highest BCUT2D eigenvalue weighted by molar-refractivity contribution is 7.80. The molecule has 4 N–H and O–H groups in total. The van der Waals surface area contributed by atoms with Gasteiger partial charge in [0.05, 0.1) is 4.99 Å². The summed E-state index contributed by atoms with van der Waals surface area (Å²) in [4.78, 5) is 10.9. The van der Waals surface area contributed by atoms with Gasteiger partial charge in [0.25, 0.3) is 0 Å². The van der Waals surface area contributed by atoms with Crippen LogP contribution in [0, 0.1) is 0 Å². The first kappa shape index (κ1) is 10.5. The number of phenols is 1. The number of carboxylic acids is 1. The average Bonchev–Trinajstić information content (AvgIpc) is 2.07. The molecule has 0 aromatic heterocycles. The summed E-state index contributed by atoms with van der Waals surface area (Å²) in [6, 6.07) is 4.26. The Morgan fingerprint density at radius 3 is 2.64 bits per heavy atom. The lowest BCUT2D eigenvalue weighted by Crippen LogP contribution is -2.11. The number of nitrogens with two attached hydrogens (primary N) is 1. The number of aromatic hydroxyl groups is 1. The highest BCUT2D eigenvalue weighted by atomic mass is 32.1. The van der Waals surface area contributed by atoms with E-state index in [1.165, 1.54) is 12.1 Å². The predicted molar refractivity (Wildman–Crippen MR) is 55.6 cm³/mol. The zero-order chi connectivity index (χ0) is 10.7. The van der Waals surface area contributed by atoms with Crippen molar-refractivity contribution in [3.8, 4) is 5.75 Å². The molecule has 5 heteroatoms. The van der Waals surface area contributed by atoms with E-state index in [1.807, 2.05) is 0 Å². The molecule has 0 fully saturated rings. The zero-order valence-corrected chi connectivity index (χ0v) is 8.04. The number of carboxylic acid groups (broad SMARTS) is 1. The molecule has 4 nitrogen and oxygen atoms in total. The molecule has 1 rings (SSSR count). The van der Waals surface area contributed by atoms with Crippen molar-refractivity contribution >= 4 is 23.2 Å². The molecule has 0 amide bonds. The maximum absolute atomic E-state index is 10.6. The fraction of sp³-hybridized carbons (Fsp3) is 0.111. The third-order valence-electron chi connectivity index (χ3n) is 1.67. The van der Waals surface area contributed by atoms with Crippen LogP contribution < -0.4 is 5.73 Å². The average molecular weight is 211 g/mol. The highest BCUT2D eigenvalue weighted by Gasteiger charge is 2.10. The van der Waals surface area contributed by atoms with Gasteiger partial charge in [-0.05, 0) is 17.7 Å². The summed E-state index contributed by atoms with van der Waals surface area (Å²) in [5.74, 6) is -1.43. The van der Waals surface area contributed by atoms with Crippen LogP contribution in [0.25, 0.3) is 0 Å². The van der Waals surface area contributed by atoms with Crippen LogP contribution in [0.4, 0.5) is 0 Å². The fourth-order valence-electron chi connectivity index (χ4n) is 1.07. The molecule has 74 valence electrons. The van der Waals surface area contributed by atoms with Gasteiger partial charge in [0.2, 0.25) is 0 Å². The fourth-order valence-corrected chi connectivity index (χ4v) is 1.23. The summed E-state index contributed by atoms with van der Waals surface area (Å²) in [6.07, 6.45) is 0.329. The van der Waals surface area contributed by atoms with Gasteiger partial charge in [0.1, 0.15) is 11.3 Å². The van der Waals surface area contributed by atoms with E-state index in [-0.39, 0.29) is 16.3 Å². The normalized spacial score (nSPS) is 9.71. The van der Waals surface area contributed by atoms with Crippen molar-refractivity contribution in [2.24, 2.45) is 5.73 Å². The molecule has 0 spiro atoms. The van der Waals surface area contributed by atoms with Crippen LogP contribution in [0.3, 0.4) is 0 Å². The van der Waals surface area contributed by atoms with E-state index < -0.39 is 5.97 Å². The standard InChI is InChI=1S/C9H9NO3S/c10-8(14)4-5-1-2-7(11)6(3-5)9(12)13/h1-3,11H,4H2,(H2,10,14)(H,12,13). The van der Waals surface area contributed by atoms with Crippen molar-refractivity contribution in [2.45, 2.75) is 6.42 Å². The molecule has 0 atom stereocenters. The monoisotopic (exact) mass is 211 g/mol. The van der Waals surface area contributed by atoms with E-state index in [1.54, 1.807) is 6.07 Å². The number of hydrogen-bond donors (Lipinski definition) is 3. The van der Waals surface area contributed by atoms with E-state index >= 15 is 0 Å². The summed E-state index contributed by atoms with van der Waals surface area (Å²) in [5, 5.41) is 17.9. The van der Waals surface area contributed by atoms with Crippen LogP contribution in [-0.4, -0.2) is 21.2 Å². The number of thiocarbonyl (C=S) groups is 1. The molecule has 0 aliphatic carbocycles. The van der Waals surface area contributed by atoms with Crippen LogP contribution in [0.15, 0.2) is 18.2 Å². The quantitative estimate of drug-likeness (QED) is 0.647. The first-order chi connectivity index (χ1) is 6.50. The molecule has 0 unspecified atom stereocenters. The van der Waals surface area contributed by atoms with Crippen molar-refractivity contribution in [3.63, 3.8) is 0 Å². The number of rotatable bonds is 3. The molecule has 0 aliphatic rings. The van der Waals surface area contributed by atoms with Gasteiger partial charge in [0.15, 0.2) is 0 Å². The van der Waals surface area contributed by atoms with Gasteiger partial charge in [-0.2, -0.15) is 0 Å². The maximum atomic E-state index is 10.6. The second-order valence-corrected chi connectivity index (χ2v) is 3.32. The van der Waals surface area contributed by atoms with Crippen LogP contribution in [-0.2, 0) is 6.42 Å². The Morgan fingerprint density at radius 2 is 2.14 bits per heavy atom.